The van der Waals surface area contributed by atoms with Crippen molar-refractivity contribution in [1.82, 2.24) is 10.6 Å². The van der Waals surface area contributed by atoms with Crippen molar-refractivity contribution >= 4 is 12.0 Å². The molecular weight excluding hydrogens is 277 g/mol. The summed E-state index contributed by atoms with van der Waals surface area (Å²) in [5, 5.41) is 13.9. The Labute approximate surface area is 114 Å². The van der Waals surface area contributed by atoms with Crippen LogP contribution in [0.15, 0.2) is 0 Å². The topological polar surface area (TPSA) is 78.4 Å². The van der Waals surface area contributed by atoms with E-state index < -0.39 is 36.6 Å². The van der Waals surface area contributed by atoms with Gasteiger partial charge in [-0.3, -0.25) is 4.79 Å². The van der Waals surface area contributed by atoms with E-state index in [2.05, 4.69) is 10.6 Å². The second-order valence-corrected chi connectivity index (χ2v) is 4.95. The highest BCUT2D eigenvalue weighted by Gasteiger charge is 2.31. The molecule has 1 rings (SSSR count). The molecule has 0 heterocycles. The van der Waals surface area contributed by atoms with Crippen molar-refractivity contribution < 1.29 is 27.9 Å². The molecule has 2 amide bonds. The molecular formula is C12H19F3N2O3. The third kappa shape index (κ3) is 6.12. The van der Waals surface area contributed by atoms with Crippen LogP contribution in [-0.2, 0) is 4.79 Å². The first-order valence-electron chi connectivity index (χ1n) is 6.63. The number of hydrogen-bond acceptors (Lipinski definition) is 2. The van der Waals surface area contributed by atoms with Crippen LogP contribution in [0.5, 0.6) is 0 Å². The minimum atomic E-state index is -4.23. The molecule has 8 heteroatoms. The molecule has 1 aliphatic carbocycles. The first kappa shape index (κ1) is 16.6. The molecule has 5 nitrogen and oxygen atoms in total. The van der Waals surface area contributed by atoms with Crippen LogP contribution in [0.1, 0.15) is 38.5 Å². The summed E-state index contributed by atoms with van der Waals surface area (Å²) in [5.41, 5.74) is 0. The zero-order valence-electron chi connectivity index (χ0n) is 11.0. The van der Waals surface area contributed by atoms with E-state index in [4.69, 9.17) is 5.11 Å². The summed E-state index contributed by atoms with van der Waals surface area (Å²) in [5.74, 6) is -1.57. The third-order valence-corrected chi connectivity index (χ3v) is 3.32. The highest BCUT2D eigenvalue weighted by Crippen LogP contribution is 2.24. The van der Waals surface area contributed by atoms with Gasteiger partial charge in [-0.1, -0.05) is 12.8 Å². The highest BCUT2D eigenvalue weighted by atomic mass is 19.4. The average Bonchev–Trinajstić information content (AvgIpc) is 2.34. The quantitative estimate of drug-likeness (QED) is 0.681. The molecule has 0 aromatic heterocycles. The molecule has 0 bridgehead atoms. The average molecular weight is 296 g/mol. The van der Waals surface area contributed by atoms with Gasteiger partial charge < -0.3 is 15.7 Å². The van der Waals surface area contributed by atoms with Crippen LogP contribution in [0, 0.1) is 5.92 Å². The number of aliphatic carboxylic acids is 1. The van der Waals surface area contributed by atoms with Gasteiger partial charge in [0.1, 0.15) is 0 Å². The Hall–Kier alpha value is -1.47. The van der Waals surface area contributed by atoms with Crippen LogP contribution in [0.4, 0.5) is 18.0 Å². The SMILES string of the molecule is O=C(NCCCC(F)(F)F)NC1CCCCC1C(=O)O. The Kier molecular flexibility index (Phi) is 6.09. The fourth-order valence-corrected chi connectivity index (χ4v) is 2.31. The molecule has 2 atom stereocenters. The van der Waals surface area contributed by atoms with Gasteiger partial charge in [-0.05, 0) is 19.3 Å². The van der Waals surface area contributed by atoms with Crippen LogP contribution >= 0.6 is 0 Å². The lowest BCUT2D eigenvalue weighted by Gasteiger charge is -2.29. The fraction of sp³-hybridized carbons (Fsp3) is 0.833. The molecule has 0 aromatic rings. The van der Waals surface area contributed by atoms with E-state index in [0.29, 0.717) is 12.8 Å². The van der Waals surface area contributed by atoms with Crippen LogP contribution < -0.4 is 10.6 Å². The molecule has 0 radical (unpaired) electrons. The van der Waals surface area contributed by atoms with Gasteiger partial charge in [0.2, 0.25) is 0 Å². The lowest BCUT2D eigenvalue weighted by molar-refractivity contribution is -0.143. The normalized spacial score (nSPS) is 23.1. The van der Waals surface area contributed by atoms with Crippen molar-refractivity contribution in [3.05, 3.63) is 0 Å². The smallest absolute Gasteiger partial charge is 0.389 e. The van der Waals surface area contributed by atoms with Crippen LogP contribution in [-0.4, -0.2) is 35.9 Å². The predicted octanol–water partition coefficient (Wildman–Crippen LogP) is 2.27. The number of urea groups is 1. The lowest BCUT2D eigenvalue weighted by atomic mass is 9.84. The molecule has 2 unspecified atom stereocenters. The molecule has 3 N–H and O–H groups in total. The summed E-state index contributed by atoms with van der Waals surface area (Å²) in [6.07, 6.45) is -2.64. The number of carbonyl (C=O) groups is 2. The summed E-state index contributed by atoms with van der Waals surface area (Å²) < 4.78 is 35.7. The lowest BCUT2D eigenvalue weighted by Crippen LogP contribution is -2.49. The fourth-order valence-electron chi connectivity index (χ4n) is 2.31. The standard InChI is InChI=1S/C12H19F3N2O3/c13-12(14,15)6-3-7-16-11(20)17-9-5-2-1-4-8(9)10(18)19/h8-9H,1-7H2,(H,18,19)(H2,16,17,20). The number of rotatable bonds is 5. The minimum Gasteiger partial charge on any atom is -0.481 e. The molecule has 0 aromatic carbocycles. The monoisotopic (exact) mass is 296 g/mol. The molecule has 0 spiro atoms. The molecule has 1 saturated carbocycles. The summed E-state index contributed by atoms with van der Waals surface area (Å²) in [4.78, 5) is 22.5. The van der Waals surface area contributed by atoms with E-state index in [9.17, 15) is 22.8 Å². The van der Waals surface area contributed by atoms with Gasteiger partial charge >= 0.3 is 18.2 Å². The molecule has 0 aliphatic heterocycles. The number of amides is 2. The maximum atomic E-state index is 11.9. The van der Waals surface area contributed by atoms with Crippen molar-refractivity contribution in [3.63, 3.8) is 0 Å². The number of nitrogens with one attached hydrogen (secondary N) is 2. The molecule has 1 aliphatic rings. The van der Waals surface area contributed by atoms with E-state index in [0.717, 1.165) is 12.8 Å². The van der Waals surface area contributed by atoms with E-state index in [-0.39, 0.29) is 13.0 Å². The Balaban J connectivity index is 2.28. The zero-order valence-corrected chi connectivity index (χ0v) is 11.0. The first-order valence-corrected chi connectivity index (χ1v) is 6.63. The largest absolute Gasteiger partial charge is 0.481 e. The summed E-state index contributed by atoms with van der Waals surface area (Å²) in [7, 11) is 0. The second kappa shape index (κ2) is 7.35. The van der Waals surface area contributed by atoms with Crippen LogP contribution in [0.2, 0.25) is 0 Å². The number of carbonyl (C=O) groups excluding carboxylic acids is 1. The van der Waals surface area contributed by atoms with E-state index in [1.807, 2.05) is 0 Å². The molecule has 20 heavy (non-hydrogen) atoms. The summed E-state index contributed by atoms with van der Waals surface area (Å²) >= 11 is 0. The third-order valence-electron chi connectivity index (χ3n) is 3.32. The van der Waals surface area contributed by atoms with Crippen molar-refractivity contribution in [2.24, 2.45) is 5.92 Å². The Bertz CT molecular complexity index is 347. The van der Waals surface area contributed by atoms with E-state index in [1.165, 1.54) is 0 Å². The maximum Gasteiger partial charge on any atom is 0.389 e. The predicted molar refractivity (Wildman–Crippen MR) is 65.2 cm³/mol. The van der Waals surface area contributed by atoms with Gasteiger partial charge in [-0.15, -0.1) is 0 Å². The summed E-state index contributed by atoms with van der Waals surface area (Å²) in [6, 6.07) is -1.06. The van der Waals surface area contributed by atoms with Crippen LogP contribution in [0.3, 0.4) is 0 Å². The number of halogens is 3. The highest BCUT2D eigenvalue weighted by molar-refractivity contribution is 5.76. The van der Waals surface area contributed by atoms with Crippen LogP contribution in [0.25, 0.3) is 0 Å². The zero-order chi connectivity index (χ0) is 15.2. The van der Waals surface area contributed by atoms with E-state index >= 15 is 0 Å². The summed E-state index contributed by atoms with van der Waals surface area (Å²) in [6.45, 7) is -0.0875. The van der Waals surface area contributed by atoms with Gasteiger partial charge in [0.25, 0.3) is 0 Å². The van der Waals surface area contributed by atoms with Gasteiger partial charge in [-0.25, -0.2) is 4.79 Å². The Morgan fingerprint density at radius 3 is 2.45 bits per heavy atom. The van der Waals surface area contributed by atoms with Crippen molar-refractivity contribution in [2.45, 2.75) is 50.7 Å². The number of carboxylic acids is 1. The van der Waals surface area contributed by atoms with E-state index in [1.54, 1.807) is 0 Å². The van der Waals surface area contributed by atoms with Crippen molar-refractivity contribution in [1.29, 1.82) is 0 Å². The van der Waals surface area contributed by atoms with Gasteiger partial charge in [0.05, 0.1) is 5.92 Å². The number of carboxylic acid groups (broad SMARTS) is 1. The Morgan fingerprint density at radius 2 is 1.85 bits per heavy atom. The van der Waals surface area contributed by atoms with Gasteiger partial charge in [-0.2, -0.15) is 13.2 Å². The van der Waals surface area contributed by atoms with Gasteiger partial charge in [0.15, 0.2) is 0 Å². The molecule has 0 saturated heterocycles. The Morgan fingerprint density at radius 1 is 1.20 bits per heavy atom. The first-order chi connectivity index (χ1) is 9.29. The minimum absolute atomic E-state index is 0.0875. The number of hydrogen-bond donors (Lipinski definition) is 3. The van der Waals surface area contributed by atoms with Gasteiger partial charge in [0, 0.05) is 19.0 Å². The maximum absolute atomic E-state index is 11.9. The second-order valence-electron chi connectivity index (χ2n) is 4.95. The molecule has 116 valence electrons. The molecule has 1 fully saturated rings. The van der Waals surface area contributed by atoms with Crippen molar-refractivity contribution in [3.8, 4) is 0 Å². The number of alkyl halides is 3. The van der Waals surface area contributed by atoms with Crippen molar-refractivity contribution in [2.75, 3.05) is 6.54 Å².